The van der Waals surface area contributed by atoms with E-state index in [0.717, 1.165) is 11.1 Å². The fourth-order valence-electron chi connectivity index (χ4n) is 1.90. The molecule has 0 saturated carbocycles. The lowest BCUT2D eigenvalue weighted by Crippen LogP contribution is -2.13. The van der Waals surface area contributed by atoms with E-state index in [9.17, 15) is 4.79 Å². The fraction of sp³-hybridized carbons (Fsp3) is 0.167. The van der Waals surface area contributed by atoms with Crippen molar-refractivity contribution in [3.63, 3.8) is 0 Å². The van der Waals surface area contributed by atoms with E-state index in [-0.39, 0.29) is 5.91 Å². The summed E-state index contributed by atoms with van der Waals surface area (Å²) in [5.74, 6) is 0.482. The van der Waals surface area contributed by atoms with Crippen LogP contribution >= 0.6 is 0 Å². The van der Waals surface area contributed by atoms with Crippen molar-refractivity contribution >= 4 is 17.7 Å². The molecule has 22 heavy (non-hydrogen) atoms. The van der Waals surface area contributed by atoms with E-state index in [1.807, 2.05) is 31.2 Å². The number of nitrogens with two attached hydrogens (primary N) is 1. The van der Waals surface area contributed by atoms with E-state index in [4.69, 9.17) is 10.5 Å². The number of rotatable bonds is 5. The summed E-state index contributed by atoms with van der Waals surface area (Å²) in [6, 6.07) is 13.6. The van der Waals surface area contributed by atoms with Gasteiger partial charge in [0.25, 0.3) is 0 Å². The molecule has 0 aliphatic heterocycles. The smallest absolute Gasteiger partial charge is 0.243 e. The number of aryl methyl sites for hydroxylation is 1. The largest absolute Gasteiger partial charge is 0.487 e. The number of carbonyl (C=O) groups excluding carboxylic acids is 1. The van der Waals surface area contributed by atoms with Crippen LogP contribution < -0.4 is 15.8 Å². The number of ether oxygens (including phenoxy) is 1. The van der Waals surface area contributed by atoms with Gasteiger partial charge in [0.1, 0.15) is 12.4 Å². The fourth-order valence-corrected chi connectivity index (χ4v) is 1.90. The van der Waals surface area contributed by atoms with Gasteiger partial charge in [-0.25, -0.2) is 0 Å². The zero-order valence-corrected chi connectivity index (χ0v) is 12.8. The van der Waals surface area contributed by atoms with Crippen LogP contribution in [-0.2, 0) is 11.4 Å². The molecule has 0 bridgehead atoms. The molecule has 4 heteroatoms. The van der Waals surface area contributed by atoms with Crippen LogP contribution in [0.25, 0.3) is 6.08 Å². The van der Waals surface area contributed by atoms with Gasteiger partial charge in [0.2, 0.25) is 5.91 Å². The summed E-state index contributed by atoms with van der Waals surface area (Å²) in [5, 5.41) is 2.52. The van der Waals surface area contributed by atoms with Crippen LogP contribution in [0.4, 0.5) is 5.69 Å². The maximum absolute atomic E-state index is 11.2. The van der Waals surface area contributed by atoms with E-state index in [1.54, 1.807) is 19.2 Å². The zero-order chi connectivity index (χ0) is 15.9. The maximum atomic E-state index is 11.2. The Kier molecular flexibility index (Phi) is 5.20. The minimum absolute atomic E-state index is 0.154. The summed E-state index contributed by atoms with van der Waals surface area (Å²) < 4.78 is 5.74. The summed E-state index contributed by atoms with van der Waals surface area (Å²) in [7, 11) is 1.59. The molecular formula is C18H20N2O2. The molecule has 0 fully saturated rings. The first-order chi connectivity index (χ1) is 10.6. The molecule has 114 valence electrons. The van der Waals surface area contributed by atoms with Gasteiger partial charge in [-0.3, -0.25) is 4.79 Å². The van der Waals surface area contributed by atoms with Crippen LogP contribution in [-0.4, -0.2) is 13.0 Å². The molecule has 2 rings (SSSR count). The van der Waals surface area contributed by atoms with Gasteiger partial charge in [0.05, 0.1) is 5.69 Å². The number of likely N-dealkylation sites (N-methyl/N-ethyl adjacent to an activating group) is 1. The Labute approximate surface area is 130 Å². The minimum Gasteiger partial charge on any atom is -0.487 e. The maximum Gasteiger partial charge on any atom is 0.243 e. The van der Waals surface area contributed by atoms with Crippen molar-refractivity contribution in [3.05, 3.63) is 65.2 Å². The molecule has 2 aromatic carbocycles. The van der Waals surface area contributed by atoms with Crippen molar-refractivity contribution in [3.8, 4) is 5.75 Å². The average Bonchev–Trinajstić information content (AvgIpc) is 2.53. The van der Waals surface area contributed by atoms with Gasteiger partial charge in [0, 0.05) is 13.1 Å². The molecule has 0 heterocycles. The lowest BCUT2D eigenvalue weighted by Gasteiger charge is -2.10. The Morgan fingerprint density at radius 2 is 1.95 bits per heavy atom. The molecule has 0 aliphatic rings. The normalized spacial score (nSPS) is 10.6. The molecule has 2 aromatic rings. The Balaban J connectivity index is 2.02. The van der Waals surface area contributed by atoms with Gasteiger partial charge in [-0.05, 0) is 36.3 Å². The van der Waals surface area contributed by atoms with Crippen molar-refractivity contribution < 1.29 is 9.53 Å². The second-order valence-electron chi connectivity index (χ2n) is 5.02. The predicted octanol–water partition coefficient (Wildman–Crippen LogP) is 2.92. The summed E-state index contributed by atoms with van der Waals surface area (Å²) in [6.07, 6.45) is 3.17. The number of carbonyl (C=O) groups is 1. The summed E-state index contributed by atoms with van der Waals surface area (Å²) in [4.78, 5) is 11.2. The van der Waals surface area contributed by atoms with E-state index in [2.05, 4.69) is 17.4 Å². The van der Waals surface area contributed by atoms with E-state index in [1.165, 1.54) is 11.6 Å². The van der Waals surface area contributed by atoms with Crippen LogP contribution in [0.15, 0.2) is 48.5 Å². The minimum atomic E-state index is -0.154. The van der Waals surface area contributed by atoms with Gasteiger partial charge in [-0.2, -0.15) is 0 Å². The van der Waals surface area contributed by atoms with Crippen molar-refractivity contribution in [2.45, 2.75) is 13.5 Å². The third kappa shape index (κ3) is 4.38. The monoisotopic (exact) mass is 296 g/mol. The Morgan fingerprint density at radius 1 is 1.23 bits per heavy atom. The second-order valence-corrected chi connectivity index (χ2v) is 5.02. The molecule has 4 nitrogen and oxygen atoms in total. The van der Waals surface area contributed by atoms with Gasteiger partial charge in [-0.15, -0.1) is 0 Å². The number of hydrogen-bond donors (Lipinski definition) is 2. The number of nitrogens with one attached hydrogen (secondary N) is 1. The molecule has 3 N–H and O–H groups in total. The number of anilines is 1. The molecule has 1 amide bonds. The molecule has 0 atom stereocenters. The molecule has 0 spiro atoms. The lowest BCUT2D eigenvalue weighted by molar-refractivity contribution is -0.115. The number of amides is 1. The topological polar surface area (TPSA) is 64.3 Å². The first-order valence-electron chi connectivity index (χ1n) is 7.06. The Hall–Kier alpha value is -2.75. The zero-order valence-electron chi connectivity index (χ0n) is 12.8. The first kappa shape index (κ1) is 15.6. The lowest BCUT2D eigenvalue weighted by atomic mass is 10.1. The average molecular weight is 296 g/mol. The molecule has 0 aliphatic carbocycles. The Morgan fingerprint density at radius 3 is 2.59 bits per heavy atom. The standard InChI is InChI=1S/C18H20N2O2/c1-13-3-5-15(6-4-13)12-22-17-9-7-14(11-16(17)19)8-10-18(21)20-2/h3-11H,12,19H2,1-2H3,(H,20,21)/b10-8-. The third-order valence-corrected chi connectivity index (χ3v) is 3.22. The highest BCUT2D eigenvalue weighted by molar-refractivity contribution is 5.91. The highest BCUT2D eigenvalue weighted by atomic mass is 16.5. The third-order valence-electron chi connectivity index (χ3n) is 3.22. The van der Waals surface area contributed by atoms with Gasteiger partial charge in [-0.1, -0.05) is 35.9 Å². The summed E-state index contributed by atoms with van der Waals surface area (Å²) >= 11 is 0. The van der Waals surface area contributed by atoms with Crippen molar-refractivity contribution in [1.82, 2.24) is 5.32 Å². The molecule has 0 aromatic heterocycles. The SMILES string of the molecule is CNC(=O)/C=C\c1ccc(OCc2ccc(C)cc2)c(N)c1. The number of benzene rings is 2. The number of nitrogen functional groups attached to an aromatic ring is 1. The molecular weight excluding hydrogens is 276 g/mol. The highest BCUT2D eigenvalue weighted by Crippen LogP contribution is 2.24. The molecule has 0 radical (unpaired) electrons. The van der Waals surface area contributed by atoms with Crippen LogP contribution in [0.2, 0.25) is 0 Å². The second kappa shape index (κ2) is 7.31. The van der Waals surface area contributed by atoms with Crippen molar-refractivity contribution in [2.75, 3.05) is 12.8 Å². The van der Waals surface area contributed by atoms with Crippen LogP contribution in [0.5, 0.6) is 5.75 Å². The highest BCUT2D eigenvalue weighted by Gasteiger charge is 2.02. The van der Waals surface area contributed by atoms with Gasteiger partial charge < -0.3 is 15.8 Å². The molecule has 0 unspecified atom stereocenters. The Bertz CT molecular complexity index is 676. The van der Waals surface area contributed by atoms with E-state index >= 15 is 0 Å². The number of hydrogen-bond acceptors (Lipinski definition) is 3. The van der Waals surface area contributed by atoms with E-state index < -0.39 is 0 Å². The first-order valence-corrected chi connectivity index (χ1v) is 7.06. The van der Waals surface area contributed by atoms with Gasteiger partial charge >= 0.3 is 0 Å². The van der Waals surface area contributed by atoms with Crippen LogP contribution in [0, 0.1) is 6.92 Å². The predicted molar refractivity (Wildman–Crippen MR) is 89.5 cm³/mol. The quantitative estimate of drug-likeness (QED) is 0.658. The van der Waals surface area contributed by atoms with Crippen LogP contribution in [0.1, 0.15) is 16.7 Å². The summed E-state index contributed by atoms with van der Waals surface area (Å²) in [6.45, 7) is 2.52. The van der Waals surface area contributed by atoms with E-state index in [0.29, 0.717) is 18.0 Å². The van der Waals surface area contributed by atoms with Crippen LogP contribution in [0.3, 0.4) is 0 Å². The van der Waals surface area contributed by atoms with Crippen molar-refractivity contribution in [2.24, 2.45) is 0 Å². The summed E-state index contributed by atoms with van der Waals surface area (Å²) in [5.41, 5.74) is 9.70. The van der Waals surface area contributed by atoms with Gasteiger partial charge in [0.15, 0.2) is 0 Å². The molecule has 0 saturated heterocycles. The van der Waals surface area contributed by atoms with Crippen molar-refractivity contribution in [1.29, 1.82) is 0 Å².